The molecule has 4 atom stereocenters. The first-order valence-corrected chi connectivity index (χ1v) is 5.79. The molecule has 20 heavy (non-hydrogen) atoms. The molecule has 1 aromatic carbocycles. The number of carbonyl (C=O) groups is 1. The molecule has 0 spiro atoms. The molecule has 0 radical (unpaired) electrons. The van der Waals surface area contributed by atoms with Gasteiger partial charge >= 0.3 is 5.97 Å². The molecular formula is C12H14O8. The summed E-state index contributed by atoms with van der Waals surface area (Å²) in [4.78, 5) is 11.8. The summed E-state index contributed by atoms with van der Waals surface area (Å²) in [5, 5.41) is 47.0. The first-order chi connectivity index (χ1) is 9.40. The fourth-order valence-electron chi connectivity index (χ4n) is 1.74. The number of rotatable bonds is 2. The SMILES string of the molecule is O=C(O[C@@H]1OC[C@@H](O)[C@H](O)[C@H]1O)c1cc(O)ccc1O. The van der Waals surface area contributed by atoms with E-state index >= 15 is 0 Å². The molecule has 1 fully saturated rings. The summed E-state index contributed by atoms with van der Waals surface area (Å²) in [5.74, 6) is -1.72. The highest BCUT2D eigenvalue weighted by molar-refractivity contribution is 5.92. The fraction of sp³-hybridized carbons (Fsp3) is 0.417. The average Bonchev–Trinajstić information content (AvgIpc) is 2.42. The Balaban J connectivity index is 2.10. The zero-order valence-corrected chi connectivity index (χ0v) is 10.2. The van der Waals surface area contributed by atoms with E-state index in [0.29, 0.717) is 0 Å². The van der Waals surface area contributed by atoms with Crippen molar-refractivity contribution in [3.05, 3.63) is 23.8 Å². The first-order valence-electron chi connectivity index (χ1n) is 5.79. The Hall–Kier alpha value is -1.87. The lowest BCUT2D eigenvalue weighted by molar-refractivity contribution is -0.251. The maximum absolute atomic E-state index is 11.8. The Morgan fingerprint density at radius 1 is 1.20 bits per heavy atom. The summed E-state index contributed by atoms with van der Waals surface area (Å²) in [7, 11) is 0. The van der Waals surface area contributed by atoms with E-state index in [1.807, 2.05) is 0 Å². The van der Waals surface area contributed by atoms with Crippen molar-refractivity contribution in [1.82, 2.24) is 0 Å². The molecule has 8 heteroatoms. The first kappa shape index (κ1) is 14.5. The van der Waals surface area contributed by atoms with Crippen LogP contribution in [0.15, 0.2) is 18.2 Å². The Morgan fingerprint density at radius 3 is 2.60 bits per heavy atom. The topological polar surface area (TPSA) is 137 Å². The summed E-state index contributed by atoms with van der Waals surface area (Å²) in [6.07, 6.45) is -5.90. The largest absolute Gasteiger partial charge is 0.508 e. The van der Waals surface area contributed by atoms with Gasteiger partial charge < -0.3 is 35.0 Å². The number of benzene rings is 1. The van der Waals surface area contributed by atoms with E-state index in [1.165, 1.54) is 6.07 Å². The van der Waals surface area contributed by atoms with Crippen molar-refractivity contribution in [2.24, 2.45) is 0 Å². The average molecular weight is 286 g/mol. The number of carbonyl (C=O) groups excluding carboxylic acids is 1. The lowest BCUT2D eigenvalue weighted by Crippen LogP contribution is -2.54. The van der Waals surface area contributed by atoms with E-state index in [0.717, 1.165) is 12.1 Å². The maximum atomic E-state index is 11.8. The lowest BCUT2D eigenvalue weighted by Gasteiger charge is -2.34. The van der Waals surface area contributed by atoms with Crippen LogP contribution < -0.4 is 0 Å². The second-order valence-electron chi connectivity index (χ2n) is 4.36. The van der Waals surface area contributed by atoms with Gasteiger partial charge in [-0.05, 0) is 18.2 Å². The molecule has 5 N–H and O–H groups in total. The molecule has 0 amide bonds. The monoisotopic (exact) mass is 286 g/mol. The van der Waals surface area contributed by atoms with Gasteiger partial charge in [-0.15, -0.1) is 0 Å². The van der Waals surface area contributed by atoms with Crippen molar-refractivity contribution in [3.63, 3.8) is 0 Å². The molecule has 0 aliphatic carbocycles. The number of hydrogen-bond acceptors (Lipinski definition) is 8. The molecule has 0 saturated carbocycles. The predicted molar refractivity (Wildman–Crippen MR) is 62.9 cm³/mol. The second-order valence-corrected chi connectivity index (χ2v) is 4.36. The van der Waals surface area contributed by atoms with Crippen molar-refractivity contribution in [3.8, 4) is 11.5 Å². The number of aromatic hydroxyl groups is 2. The van der Waals surface area contributed by atoms with Crippen LogP contribution in [0.25, 0.3) is 0 Å². The van der Waals surface area contributed by atoms with Crippen LogP contribution in [0.4, 0.5) is 0 Å². The van der Waals surface area contributed by atoms with Crippen LogP contribution in [0.3, 0.4) is 0 Å². The fourth-order valence-corrected chi connectivity index (χ4v) is 1.74. The zero-order valence-electron chi connectivity index (χ0n) is 10.2. The number of ether oxygens (including phenoxy) is 2. The lowest BCUT2D eigenvalue weighted by atomic mass is 10.1. The van der Waals surface area contributed by atoms with Crippen LogP contribution in [0.1, 0.15) is 10.4 Å². The van der Waals surface area contributed by atoms with Crippen LogP contribution in [0.5, 0.6) is 11.5 Å². The van der Waals surface area contributed by atoms with Crippen LogP contribution in [-0.4, -0.2) is 62.7 Å². The molecule has 110 valence electrons. The normalized spacial score (nSPS) is 29.9. The summed E-state index contributed by atoms with van der Waals surface area (Å²) in [6, 6.07) is 3.26. The number of phenols is 2. The smallest absolute Gasteiger partial charge is 0.344 e. The number of hydrogen-bond donors (Lipinski definition) is 5. The van der Waals surface area contributed by atoms with Gasteiger partial charge in [0.05, 0.1) is 6.61 Å². The van der Waals surface area contributed by atoms with Gasteiger partial charge in [0.15, 0.2) is 0 Å². The van der Waals surface area contributed by atoms with Gasteiger partial charge in [0.2, 0.25) is 6.29 Å². The van der Waals surface area contributed by atoms with E-state index in [2.05, 4.69) is 0 Å². The summed E-state index contributed by atoms with van der Waals surface area (Å²) < 4.78 is 9.68. The van der Waals surface area contributed by atoms with Crippen molar-refractivity contribution >= 4 is 5.97 Å². The van der Waals surface area contributed by atoms with Crippen LogP contribution in [0, 0.1) is 0 Å². The molecule has 1 saturated heterocycles. The molecular weight excluding hydrogens is 272 g/mol. The van der Waals surface area contributed by atoms with Crippen molar-refractivity contribution in [2.45, 2.75) is 24.6 Å². The van der Waals surface area contributed by atoms with E-state index in [1.54, 1.807) is 0 Å². The van der Waals surface area contributed by atoms with E-state index in [-0.39, 0.29) is 17.9 Å². The third-order valence-electron chi connectivity index (χ3n) is 2.88. The number of aliphatic hydroxyl groups is 3. The van der Waals surface area contributed by atoms with E-state index in [4.69, 9.17) is 9.47 Å². The Kier molecular flexibility index (Phi) is 4.09. The van der Waals surface area contributed by atoms with Gasteiger partial charge in [-0.2, -0.15) is 0 Å². The van der Waals surface area contributed by atoms with E-state index in [9.17, 15) is 30.3 Å². The molecule has 0 unspecified atom stereocenters. The van der Waals surface area contributed by atoms with Gasteiger partial charge in [-0.25, -0.2) is 4.79 Å². The Morgan fingerprint density at radius 2 is 1.90 bits per heavy atom. The van der Waals surface area contributed by atoms with E-state index < -0.39 is 36.3 Å². The molecule has 1 aromatic rings. The molecule has 1 heterocycles. The third-order valence-corrected chi connectivity index (χ3v) is 2.88. The minimum Gasteiger partial charge on any atom is -0.508 e. The third kappa shape index (κ3) is 2.83. The predicted octanol–water partition coefficient (Wildman–Crippen LogP) is -1.31. The highest BCUT2D eigenvalue weighted by Gasteiger charge is 2.40. The van der Waals surface area contributed by atoms with Gasteiger partial charge in [0.1, 0.15) is 35.4 Å². The van der Waals surface area contributed by atoms with Crippen molar-refractivity contribution in [2.75, 3.05) is 6.61 Å². The van der Waals surface area contributed by atoms with Gasteiger partial charge in [-0.1, -0.05) is 0 Å². The van der Waals surface area contributed by atoms with Crippen molar-refractivity contribution < 1.29 is 39.8 Å². The summed E-state index contributed by atoms with van der Waals surface area (Å²) in [6.45, 7) is -0.317. The van der Waals surface area contributed by atoms with Crippen LogP contribution >= 0.6 is 0 Å². The van der Waals surface area contributed by atoms with Gasteiger partial charge in [-0.3, -0.25) is 0 Å². The number of esters is 1. The number of aliphatic hydroxyl groups excluding tert-OH is 3. The summed E-state index contributed by atoms with van der Waals surface area (Å²) in [5.41, 5.74) is -0.318. The van der Waals surface area contributed by atoms with Gasteiger partial charge in [0, 0.05) is 0 Å². The Bertz CT molecular complexity index is 502. The second kappa shape index (κ2) is 5.63. The molecule has 1 aliphatic rings. The highest BCUT2D eigenvalue weighted by Crippen LogP contribution is 2.25. The highest BCUT2D eigenvalue weighted by atomic mass is 16.7. The summed E-state index contributed by atoms with van der Waals surface area (Å²) >= 11 is 0. The molecule has 2 rings (SSSR count). The van der Waals surface area contributed by atoms with Crippen molar-refractivity contribution in [1.29, 1.82) is 0 Å². The minimum atomic E-state index is -1.62. The molecule has 1 aliphatic heterocycles. The quantitative estimate of drug-likeness (QED) is 0.334. The minimum absolute atomic E-state index is 0.254. The van der Waals surface area contributed by atoms with Crippen LogP contribution in [-0.2, 0) is 9.47 Å². The molecule has 0 bridgehead atoms. The van der Waals surface area contributed by atoms with Crippen LogP contribution in [0.2, 0.25) is 0 Å². The Labute approximate surface area is 113 Å². The molecule has 8 nitrogen and oxygen atoms in total. The zero-order chi connectivity index (χ0) is 14.9. The maximum Gasteiger partial charge on any atom is 0.344 e. The molecule has 0 aromatic heterocycles. The number of phenolic OH excluding ortho intramolecular Hbond substituents is 2. The standard InChI is InChI=1S/C12H14O8/c13-5-1-2-7(14)6(3-5)11(18)20-12-10(17)9(16)8(15)4-19-12/h1-3,8-10,12-17H,4H2/t8-,9+,10-,12+/m1/s1. The van der Waals surface area contributed by atoms with Gasteiger partial charge in [0.25, 0.3) is 0 Å².